The van der Waals surface area contributed by atoms with E-state index in [0.29, 0.717) is 0 Å². The zero-order chi connectivity index (χ0) is 17.0. The molecule has 0 atom stereocenters. The van der Waals surface area contributed by atoms with Crippen LogP contribution in [0.25, 0.3) is 0 Å². The lowest BCUT2D eigenvalue weighted by Crippen LogP contribution is -2.32. The molecule has 0 aliphatic heterocycles. The second-order valence-electron chi connectivity index (χ2n) is 5.97. The Labute approximate surface area is 148 Å². The van der Waals surface area contributed by atoms with E-state index in [-0.39, 0.29) is 0 Å². The van der Waals surface area contributed by atoms with Gasteiger partial charge < -0.3 is 4.52 Å². The Morgan fingerprint density at radius 2 is 1.04 bits per heavy atom. The molecule has 25 heavy (non-hydrogen) atoms. The molecule has 0 saturated carbocycles. The summed E-state index contributed by atoms with van der Waals surface area (Å²) in [7, 11) is -1.86. The zero-order valence-corrected chi connectivity index (χ0v) is 14.7. The molecule has 1 heterocycles. The van der Waals surface area contributed by atoms with Crippen LogP contribution in [0.4, 0.5) is 0 Å². The van der Waals surface area contributed by atoms with Crippen LogP contribution < -0.4 is 15.9 Å². The van der Waals surface area contributed by atoms with Crippen LogP contribution in [0.15, 0.2) is 108 Å². The average Bonchev–Trinajstić information content (AvgIpc) is 3.21. The van der Waals surface area contributed by atoms with Gasteiger partial charge in [-0.25, -0.2) is 0 Å². The topological polar surface area (TPSA) is 26.0 Å². The third-order valence-electron chi connectivity index (χ3n) is 4.48. The maximum Gasteiger partial charge on any atom is 0.124 e. The molecule has 0 amide bonds. The summed E-state index contributed by atoms with van der Waals surface area (Å²) in [6, 6.07) is 34.4. The average molecular weight is 344 g/mol. The quantitative estimate of drug-likeness (QED) is 0.508. The van der Waals surface area contributed by atoms with Gasteiger partial charge in [-0.3, -0.25) is 0 Å². The van der Waals surface area contributed by atoms with E-state index in [9.17, 15) is 0 Å². The SMILES string of the molecule is c1ccc([P+](Cc2ccon2)(c2ccccc2)c2ccccc2)cc1. The summed E-state index contributed by atoms with van der Waals surface area (Å²) in [5.74, 6) is 0. The second kappa shape index (κ2) is 7.04. The van der Waals surface area contributed by atoms with Crippen molar-refractivity contribution in [2.45, 2.75) is 6.16 Å². The van der Waals surface area contributed by atoms with Crippen molar-refractivity contribution in [2.24, 2.45) is 0 Å². The number of rotatable bonds is 5. The molecular formula is C22H19NOP+. The maximum atomic E-state index is 5.14. The summed E-state index contributed by atoms with van der Waals surface area (Å²) in [4.78, 5) is 0. The first kappa shape index (κ1) is 15.8. The van der Waals surface area contributed by atoms with E-state index in [1.165, 1.54) is 15.9 Å². The Bertz CT molecular complexity index is 810. The molecule has 0 N–H and O–H groups in total. The van der Waals surface area contributed by atoms with Crippen LogP contribution in [-0.4, -0.2) is 5.16 Å². The van der Waals surface area contributed by atoms with Crippen molar-refractivity contribution < 1.29 is 4.52 Å². The first-order chi connectivity index (χ1) is 12.4. The third kappa shape index (κ3) is 3.01. The van der Waals surface area contributed by atoms with Gasteiger partial charge in [0.15, 0.2) is 0 Å². The van der Waals surface area contributed by atoms with Gasteiger partial charge in [-0.15, -0.1) is 0 Å². The van der Waals surface area contributed by atoms with Crippen LogP contribution in [0.1, 0.15) is 5.69 Å². The summed E-state index contributed by atoms with van der Waals surface area (Å²) >= 11 is 0. The molecule has 4 rings (SSSR count). The second-order valence-corrected chi connectivity index (χ2v) is 9.45. The maximum absolute atomic E-state index is 5.14. The molecule has 0 aliphatic carbocycles. The highest BCUT2D eigenvalue weighted by Crippen LogP contribution is 2.57. The Balaban J connectivity index is 2.01. The predicted molar refractivity (Wildman–Crippen MR) is 105 cm³/mol. The van der Waals surface area contributed by atoms with Crippen molar-refractivity contribution in [2.75, 3.05) is 0 Å². The fourth-order valence-corrected chi connectivity index (χ4v) is 7.47. The first-order valence-corrected chi connectivity index (χ1v) is 10.3. The molecule has 2 nitrogen and oxygen atoms in total. The Kier molecular flexibility index (Phi) is 4.45. The number of aromatic nitrogens is 1. The molecule has 0 fully saturated rings. The lowest BCUT2D eigenvalue weighted by Gasteiger charge is -2.26. The number of benzene rings is 3. The van der Waals surface area contributed by atoms with Crippen LogP contribution in [-0.2, 0) is 6.16 Å². The molecule has 0 radical (unpaired) electrons. The molecule has 1 aromatic heterocycles. The van der Waals surface area contributed by atoms with E-state index in [0.717, 1.165) is 11.9 Å². The van der Waals surface area contributed by atoms with E-state index in [1.807, 2.05) is 6.07 Å². The van der Waals surface area contributed by atoms with Crippen molar-refractivity contribution in [3.05, 3.63) is 109 Å². The van der Waals surface area contributed by atoms with Gasteiger partial charge in [0.1, 0.15) is 41.3 Å². The van der Waals surface area contributed by atoms with Gasteiger partial charge >= 0.3 is 0 Å². The van der Waals surface area contributed by atoms with Gasteiger partial charge in [0.2, 0.25) is 0 Å². The van der Waals surface area contributed by atoms with Crippen LogP contribution in [0.2, 0.25) is 0 Å². The highest BCUT2D eigenvalue weighted by Gasteiger charge is 2.46. The summed E-state index contributed by atoms with van der Waals surface area (Å²) in [6.07, 6.45) is 2.51. The smallest absolute Gasteiger partial charge is 0.124 e. The summed E-state index contributed by atoms with van der Waals surface area (Å²) in [5, 5.41) is 8.30. The molecule has 0 spiro atoms. The largest absolute Gasteiger partial charge is 0.364 e. The van der Waals surface area contributed by atoms with Crippen molar-refractivity contribution in [3.63, 3.8) is 0 Å². The van der Waals surface area contributed by atoms with Gasteiger partial charge in [-0.1, -0.05) is 59.8 Å². The van der Waals surface area contributed by atoms with E-state index < -0.39 is 7.26 Å². The highest BCUT2D eigenvalue weighted by molar-refractivity contribution is 7.95. The molecule has 3 heteroatoms. The number of hydrogen-bond donors (Lipinski definition) is 0. The molecule has 122 valence electrons. The van der Waals surface area contributed by atoms with Crippen LogP contribution >= 0.6 is 7.26 Å². The normalized spacial score (nSPS) is 11.4. The van der Waals surface area contributed by atoms with Gasteiger partial charge in [-0.05, 0) is 36.4 Å². The van der Waals surface area contributed by atoms with Gasteiger partial charge in [0.25, 0.3) is 0 Å². The zero-order valence-electron chi connectivity index (χ0n) is 13.8. The van der Waals surface area contributed by atoms with Crippen molar-refractivity contribution in [1.82, 2.24) is 5.16 Å². The van der Waals surface area contributed by atoms with Crippen molar-refractivity contribution in [3.8, 4) is 0 Å². The molecule has 0 aliphatic rings. The van der Waals surface area contributed by atoms with Gasteiger partial charge in [0.05, 0.1) is 0 Å². The summed E-state index contributed by atoms with van der Waals surface area (Å²) in [6.45, 7) is 0. The van der Waals surface area contributed by atoms with Crippen LogP contribution in [0, 0.1) is 0 Å². The molecule has 0 unspecified atom stereocenters. The molecule has 0 saturated heterocycles. The lowest BCUT2D eigenvalue weighted by atomic mass is 10.4. The standard InChI is InChI=1S/C22H19NOP/c1-4-10-20(11-5-1)25(18-19-16-17-24-23-19,21-12-6-2-7-13-21)22-14-8-3-9-15-22/h1-17H,18H2/q+1. The number of hydrogen-bond acceptors (Lipinski definition) is 2. The minimum Gasteiger partial charge on any atom is -0.364 e. The summed E-state index contributed by atoms with van der Waals surface area (Å²) in [5.41, 5.74) is 0.991. The Morgan fingerprint density at radius 1 is 0.600 bits per heavy atom. The number of nitrogens with zero attached hydrogens (tertiary/aromatic N) is 1. The Hall–Kier alpha value is -2.70. The van der Waals surface area contributed by atoms with E-state index in [2.05, 4.69) is 96.2 Å². The fourth-order valence-electron chi connectivity index (χ4n) is 3.33. The minimum absolute atomic E-state index is 0.849. The fraction of sp³-hybridized carbons (Fsp3) is 0.0455. The predicted octanol–water partition coefficient (Wildman–Crippen LogP) is 4.17. The van der Waals surface area contributed by atoms with Gasteiger partial charge in [-0.2, -0.15) is 0 Å². The van der Waals surface area contributed by atoms with Crippen LogP contribution in [0.3, 0.4) is 0 Å². The first-order valence-electron chi connectivity index (χ1n) is 8.34. The summed E-state index contributed by atoms with van der Waals surface area (Å²) < 4.78 is 5.14. The van der Waals surface area contributed by atoms with E-state index in [4.69, 9.17) is 4.52 Å². The molecular weight excluding hydrogens is 325 g/mol. The third-order valence-corrected chi connectivity index (χ3v) is 8.82. The van der Waals surface area contributed by atoms with Crippen molar-refractivity contribution in [1.29, 1.82) is 0 Å². The lowest BCUT2D eigenvalue weighted by molar-refractivity contribution is 0.414. The highest BCUT2D eigenvalue weighted by atomic mass is 31.2. The monoisotopic (exact) mass is 344 g/mol. The van der Waals surface area contributed by atoms with E-state index >= 15 is 0 Å². The minimum atomic E-state index is -1.86. The van der Waals surface area contributed by atoms with Crippen LogP contribution in [0.5, 0.6) is 0 Å². The Morgan fingerprint density at radius 3 is 1.40 bits per heavy atom. The molecule has 3 aromatic carbocycles. The van der Waals surface area contributed by atoms with E-state index in [1.54, 1.807) is 6.26 Å². The van der Waals surface area contributed by atoms with Crippen molar-refractivity contribution >= 4 is 23.2 Å². The molecule has 4 aromatic rings. The molecule has 0 bridgehead atoms. The van der Waals surface area contributed by atoms with Gasteiger partial charge in [0, 0.05) is 6.07 Å².